The molecule has 0 aliphatic rings. The first-order chi connectivity index (χ1) is 7.13. The van der Waals surface area contributed by atoms with Gasteiger partial charge in [0, 0.05) is 18.7 Å². The number of carbonyl (C=O) groups is 1. The lowest BCUT2D eigenvalue weighted by molar-refractivity contribution is -0.117. The monoisotopic (exact) mass is 208 g/mol. The Morgan fingerprint density at radius 2 is 2.33 bits per heavy atom. The molecule has 4 nitrogen and oxygen atoms in total. The normalized spacial score (nSPS) is 12.2. The fourth-order valence-electron chi connectivity index (χ4n) is 1.31. The van der Waals surface area contributed by atoms with E-state index in [0.717, 1.165) is 5.56 Å². The molecule has 0 saturated heterocycles. The average molecular weight is 208 g/mol. The number of hydrogen-bond acceptors (Lipinski definition) is 4. The highest BCUT2D eigenvalue weighted by molar-refractivity contribution is 5.76. The van der Waals surface area contributed by atoms with E-state index in [4.69, 9.17) is 10.5 Å². The van der Waals surface area contributed by atoms with Crippen molar-refractivity contribution in [3.05, 3.63) is 24.0 Å². The van der Waals surface area contributed by atoms with Crippen LogP contribution in [0.4, 0.5) is 0 Å². The number of pyridine rings is 1. The standard InChI is InChI=1S/C11H16N2O2/c1-3-15-10-5-9(6-13-7-10)11(12)4-8(2)14/h5-7,11H,3-4,12H2,1-2H3/t11-/m0/s1. The zero-order chi connectivity index (χ0) is 11.3. The molecule has 0 bridgehead atoms. The van der Waals surface area contributed by atoms with Gasteiger partial charge in [-0.15, -0.1) is 0 Å². The van der Waals surface area contributed by atoms with Crippen LogP contribution in [0.15, 0.2) is 18.5 Å². The summed E-state index contributed by atoms with van der Waals surface area (Å²) in [6.07, 6.45) is 3.63. The number of Topliss-reactive ketones (excluding diaryl/α,β-unsaturated/α-hetero) is 1. The first-order valence-corrected chi connectivity index (χ1v) is 4.96. The zero-order valence-corrected chi connectivity index (χ0v) is 9.06. The van der Waals surface area contributed by atoms with E-state index in [1.807, 2.05) is 13.0 Å². The van der Waals surface area contributed by atoms with Crippen LogP contribution in [0.25, 0.3) is 0 Å². The Balaban J connectivity index is 2.75. The van der Waals surface area contributed by atoms with Crippen molar-refractivity contribution in [1.29, 1.82) is 0 Å². The average Bonchev–Trinajstić information content (AvgIpc) is 2.17. The molecule has 1 rings (SSSR count). The molecule has 0 spiro atoms. The van der Waals surface area contributed by atoms with Gasteiger partial charge in [-0.25, -0.2) is 0 Å². The molecule has 1 atom stereocenters. The highest BCUT2D eigenvalue weighted by Crippen LogP contribution is 2.18. The van der Waals surface area contributed by atoms with Crippen LogP contribution in [0.3, 0.4) is 0 Å². The summed E-state index contributed by atoms with van der Waals surface area (Å²) in [5, 5.41) is 0. The van der Waals surface area contributed by atoms with Gasteiger partial charge in [-0.05, 0) is 25.5 Å². The van der Waals surface area contributed by atoms with E-state index < -0.39 is 0 Å². The van der Waals surface area contributed by atoms with Gasteiger partial charge in [-0.2, -0.15) is 0 Å². The predicted octanol–water partition coefficient (Wildman–Crippen LogP) is 1.46. The molecule has 15 heavy (non-hydrogen) atoms. The Bertz CT molecular complexity index is 339. The summed E-state index contributed by atoms with van der Waals surface area (Å²) in [7, 11) is 0. The van der Waals surface area contributed by atoms with E-state index in [9.17, 15) is 4.79 Å². The fraction of sp³-hybridized carbons (Fsp3) is 0.455. The number of ketones is 1. The molecule has 0 unspecified atom stereocenters. The summed E-state index contributed by atoms with van der Waals surface area (Å²) in [5.74, 6) is 0.762. The SMILES string of the molecule is CCOc1cncc([C@@H](N)CC(C)=O)c1. The predicted molar refractivity (Wildman–Crippen MR) is 57.6 cm³/mol. The summed E-state index contributed by atoms with van der Waals surface area (Å²) in [6, 6.07) is 1.53. The topological polar surface area (TPSA) is 65.2 Å². The van der Waals surface area contributed by atoms with Crippen LogP contribution in [0.5, 0.6) is 5.75 Å². The summed E-state index contributed by atoms with van der Waals surface area (Å²) in [5.41, 5.74) is 6.67. The van der Waals surface area contributed by atoms with Crippen molar-refractivity contribution in [2.45, 2.75) is 26.3 Å². The molecule has 0 fully saturated rings. The second-order valence-corrected chi connectivity index (χ2v) is 3.40. The lowest BCUT2D eigenvalue weighted by atomic mass is 10.1. The molecule has 0 amide bonds. The summed E-state index contributed by atoms with van der Waals surface area (Å²) in [4.78, 5) is 14.9. The highest BCUT2D eigenvalue weighted by Gasteiger charge is 2.09. The highest BCUT2D eigenvalue weighted by atomic mass is 16.5. The third-order valence-electron chi connectivity index (χ3n) is 1.98. The van der Waals surface area contributed by atoms with Crippen molar-refractivity contribution in [3.8, 4) is 5.75 Å². The first kappa shape index (κ1) is 11.7. The maximum atomic E-state index is 10.9. The van der Waals surface area contributed by atoms with Gasteiger partial charge in [0.2, 0.25) is 0 Å². The van der Waals surface area contributed by atoms with Gasteiger partial charge in [-0.3, -0.25) is 9.78 Å². The van der Waals surface area contributed by atoms with Gasteiger partial charge >= 0.3 is 0 Å². The third kappa shape index (κ3) is 3.67. The molecule has 0 saturated carbocycles. The summed E-state index contributed by atoms with van der Waals surface area (Å²) in [6.45, 7) is 4.02. The second-order valence-electron chi connectivity index (χ2n) is 3.40. The van der Waals surface area contributed by atoms with Crippen LogP contribution in [0.2, 0.25) is 0 Å². The zero-order valence-electron chi connectivity index (χ0n) is 9.06. The minimum Gasteiger partial charge on any atom is -0.492 e. The number of nitrogens with zero attached hydrogens (tertiary/aromatic N) is 1. The Labute approximate surface area is 89.5 Å². The minimum absolute atomic E-state index is 0.0734. The van der Waals surface area contributed by atoms with E-state index in [1.165, 1.54) is 6.92 Å². The molecule has 1 aromatic rings. The second kappa shape index (κ2) is 5.46. The van der Waals surface area contributed by atoms with Gasteiger partial charge in [0.05, 0.1) is 12.8 Å². The largest absolute Gasteiger partial charge is 0.492 e. The Kier molecular flexibility index (Phi) is 4.24. The van der Waals surface area contributed by atoms with Gasteiger partial charge in [0.25, 0.3) is 0 Å². The van der Waals surface area contributed by atoms with Crippen molar-refractivity contribution >= 4 is 5.78 Å². The van der Waals surface area contributed by atoms with Crippen molar-refractivity contribution in [1.82, 2.24) is 4.98 Å². The molecule has 82 valence electrons. The molecule has 1 aromatic heterocycles. The number of hydrogen-bond donors (Lipinski definition) is 1. The maximum absolute atomic E-state index is 10.9. The van der Waals surface area contributed by atoms with E-state index in [0.29, 0.717) is 18.8 Å². The number of aromatic nitrogens is 1. The van der Waals surface area contributed by atoms with Crippen LogP contribution >= 0.6 is 0 Å². The summed E-state index contributed by atoms with van der Waals surface area (Å²) >= 11 is 0. The van der Waals surface area contributed by atoms with Crippen molar-refractivity contribution in [2.24, 2.45) is 5.73 Å². The third-order valence-corrected chi connectivity index (χ3v) is 1.98. The number of rotatable bonds is 5. The lowest BCUT2D eigenvalue weighted by Gasteiger charge is -2.11. The van der Waals surface area contributed by atoms with Gasteiger partial charge in [0.1, 0.15) is 11.5 Å². The maximum Gasteiger partial charge on any atom is 0.137 e. The van der Waals surface area contributed by atoms with Gasteiger partial charge in [0.15, 0.2) is 0 Å². The lowest BCUT2D eigenvalue weighted by Crippen LogP contribution is -2.14. The van der Waals surface area contributed by atoms with E-state index in [1.54, 1.807) is 12.4 Å². The van der Waals surface area contributed by atoms with Crippen LogP contribution in [-0.4, -0.2) is 17.4 Å². The summed E-state index contributed by atoms with van der Waals surface area (Å²) < 4.78 is 5.30. The van der Waals surface area contributed by atoms with Crippen LogP contribution in [0.1, 0.15) is 31.9 Å². The number of nitrogens with two attached hydrogens (primary N) is 1. The molecule has 0 aliphatic heterocycles. The van der Waals surface area contributed by atoms with E-state index in [-0.39, 0.29) is 11.8 Å². The van der Waals surface area contributed by atoms with Gasteiger partial charge < -0.3 is 10.5 Å². The molecule has 1 heterocycles. The first-order valence-electron chi connectivity index (χ1n) is 4.96. The quantitative estimate of drug-likeness (QED) is 0.795. The molecular formula is C11H16N2O2. The minimum atomic E-state index is -0.296. The van der Waals surface area contributed by atoms with Crippen LogP contribution < -0.4 is 10.5 Å². The molecule has 2 N–H and O–H groups in total. The Hall–Kier alpha value is -1.42. The van der Waals surface area contributed by atoms with Crippen LogP contribution in [-0.2, 0) is 4.79 Å². The van der Waals surface area contributed by atoms with Crippen molar-refractivity contribution in [3.63, 3.8) is 0 Å². The van der Waals surface area contributed by atoms with Crippen molar-refractivity contribution in [2.75, 3.05) is 6.61 Å². The molecule has 0 radical (unpaired) electrons. The Morgan fingerprint density at radius 3 is 2.93 bits per heavy atom. The number of ether oxygens (including phenoxy) is 1. The number of carbonyl (C=O) groups excluding carboxylic acids is 1. The fourth-order valence-corrected chi connectivity index (χ4v) is 1.31. The molecule has 0 aromatic carbocycles. The molecular weight excluding hydrogens is 192 g/mol. The van der Waals surface area contributed by atoms with E-state index in [2.05, 4.69) is 4.98 Å². The van der Waals surface area contributed by atoms with Gasteiger partial charge in [-0.1, -0.05) is 0 Å². The van der Waals surface area contributed by atoms with Crippen molar-refractivity contribution < 1.29 is 9.53 Å². The van der Waals surface area contributed by atoms with E-state index >= 15 is 0 Å². The van der Waals surface area contributed by atoms with Crippen LogP contribution in [0, 0.1) is 0 Å². The molecule has 0 aliphatic carbocycles. The Morgan fingerprint density at radius 1 is 1.60 bits per heavy atom. The molecule has 4 heteroatoms. The smallest absolute Gasteiger partial charge is 0.137 e.